The van der Waals surface area contributed by atoms with Gasteiger partial charge in [0.15, 0.2) is 0 Å². The second-order valence-electron chi connectivity index (χ2n) is 4.23. The molecule has 0 unspecified atom stereocenters. The van der Waals surface area contributed by atoms with E-state index in [2.05, 4.69) is 10.3 Å². The maximum absolute atomic E-state index is 11.9. The molecule has 0 amide bonds. The lowest BCUT2D eigenvalue weighted by Gasteiger charge is -1.99. The van der Waals surface area contributed by atoms with Crippen molar-refractivity contribution in [3.63, 3.8) is 0 Å². The minimum Gasteiger partial charge on any atom is -0.204 e. The summed E-state index contributed by atoms with van der Waals surface area (Å²) in [6.45, 7) is 0. The van der Waals surface area contributed by atoms with Crippen molar-refractivity contribution in [1.82, 2.24) is 14.4 Å². The quantitative estimate of drug-likeness (QED) is 0.863. The number of rotatable bonds is 3. The predicted octanol–water partition coefficient (Wildman–Crippen LogP) is 1.94. The highest BCUT2D eigenvalue weighted by atomic mass is 35.5. The molecule has 18 heavy (non-hydrogen) atoms. The third-order valence-corrected chi connectivity index (χ3v) is 5.05. The molecule has 5 nitrogen and oxygen atoms in total. The highest BCUT2D eigenvalue weighted by molar-refractivity contribution is 7.90. The first kappa shape index (κ1) is 11.7. The van der Waals surface area contributed by atoms with Gasteiger partial charge in [-0.15, -0.1) is 9.19 Å². The molecule has 2 aromatic rings. The molecule has 1 fully saturated rings. The Hall–Kier alpha value is -1.40. The summed E-state index contributed by atoms with van der Waals surface area (Å²) in [7, 11) is -3.35. The average Bonchev–Trinajstić information content (AvgIpc) is 3.07. The summed E-state index contributed by atoms with van der Waals surface area (Å²) >= 11 is 5.88. The summed E-state index contributed by atoms with van der Waals surface area (Å²) in [5, 5.41) is 7.85. The van der Waals surface area contributed by atoms with Gasteiger partial charge in [-0.05, 0) is 25.0 Å². The standard InChI is InChI=1S/C11H10ClN3O2S/c12-9-3-1-2-8(6-9)11-7-15(14-13-11)18(16,17)10-4-5-10/h1-3,6-7,10H,4-5H2. The molecule has 1 aliphatic rings. The zero-order valence-electron chi connectivity index (χ0n) is 9.32. The number of hydrogen-bond donors (Lipinski definition) is 0. The molecule has 1 aromatic carbocycles. The van der Waals surface area contributed by atoms with Crippen LogP contribution in [0.15, 0.2) is 30.5 Å². The number of aromatic nitrogens is 3. The zero-order valence-corrected chi connectivity index (χ0v) is 10.9. The Kier molecular flexibility index (Phi) is 2.64. The smallest absolute Gasteiger partial charge is 0.204 e. The Morgan fingerprint density at radius 1 is 1.33 bits per heavy atom. The number of halogens is 1. The van der Waals surface area contributed by atoms with Gasteiger partial charge in [-0.3, -0.25) is 0 Å². The molecule has 1 heterocycles. The molecule has 0 N–H and O–H groups in total. The van der Waals surface area contributed by atoms with Gasteiger partial charge >= 0.3 is 0 Å². The summed E-state index contributed by atoms with van der Waals surface area (Å²) in [4.78, 5) is 0. The fraction of sp³-hybridized carbons (Fsp3) is 0.273. The van der Waals surface area contributed by atoms with E-state index in [0.29, 0.717) is 23.6 Å². The maximum Gasteiger partial charge on any atom is 0.258 e. The maximum atomic E-state index is 11.9. The van der Waals surface area contributed by atoms with Gasteiger partial charge in [0, 0.05) is 10.6 Å². The van der Waals surface area contributed by atoms with E-state index >= 15 is 0 Å². The molecule has 1 aromatic heterocycles. The first-order chi connectivity index (χ1) is 8.57. The van der Waals surface area contributed by atoms with Crippen LogP contribution in [0.3, 0.4) is 0 Å². The number of nitrogens with zero attached hydrogens (tertiary/aromatic N) is 3. The van der Waals surface area contributed by atoms with E-state index < -0.39 is 10.0 Å². The lowest BCUT2D eigenvalue weighted by molar-refractivity contribution is 0.576. The Morgan fingerprint density at radius 2 is 2.11 bits per heavy atom. The minimum absolute atomic E-state index is 0.300. The van der Waals surface area contributed by atoms with Crippen LogP contribution in [-0.2, 0) is 10.0 Å². The van der Waals surface area contributed by atoms with E-state index in [0.717, 1.165) is 9.65 Å². The Balaban J connectivity index is 1.99. The molecule has 1 aliphatic carbocycles. The molecule has 0 atom stereocenters. The molecular weight excluding hydrogens is 274 g/mol. The van der Waals surface area contributed by atoms with Crippen LogP contribution in [0.25, 0.3) is 11.3 Å². The Labute approximate surface area is 109 Å². The fourth-order valence-corrected chi connectivity index (χ4v) is 3.28. The van der Waals surface area contributed by atoms with Gasteiger partial charge in [-0.25, -0.2) is 8.42 Å². The summed E-state index contributed by atoms with van der Waals surface area (Å²) in [5.74, 6) is 0. The van der Waals surface area contributed by atoms with Crippen LogP contribution in [-0.4, -0.2) is 28.1 Å². The molecular formula is C11H10ClN3O2S. The molecule has 3 rings (SSSR count). The highest BCUT2D eigenvalue weighted by Gasteiger charge is 2.38. The van der Waals surface area contributed by atoms with Crippen LogP contribution in [0.2, 0.25) is 5.02 Å². The van der Waals surface area contributed by atoms with Crippen molar-refractivity contribution in [3.8, 4) is 11.3 Å². The largest absolute Gasteiger partial charge is 0.258 e. The molecule has 1 saturated carbocycles. The van der Waals surface area contributed by atoms with E-state index in [1.807, 2.05) is 6.07 Å². The van der Waals surface area contributed by atoms with E-state index in [1.165, 1.54) is 6.20 Å². The predicted molar refractivity (Wildman–Crippen MR) is 67.8 cm³/mol. The van der Waals surface area contributed by atoms with Crippen LogP contribution < -0.4 is 0 Å². The third-order valence-electron chi connectivity index (χ3n) is 2.80. The molecule has 94 valence electrons. The van der Waals surface area contributed by atoms with E-state index in [1.54, 1.807) is 18.2 Å². The van der Waals surface area contributed by atoms with Gasteiger partial charge in [0.2, 0.25) is 0 Å². The van der Waals surface area contributed by atoms with Gasteiger partial charge in [-0.2, -0.15) is 0 Å². The average molecular weight is 284 g/mol. The second kappa shape index (κ2) is 4.07. The van der Waals surface area contributed by atoms with Gasteiger partial charge in [-0.1, -0.05) is 28.9 Å². The Bertz CT molecular complexity index is 692. The van der Waals surface area contributed by atoms with E-state index in [-0.39, 0.29) is 5.25 Å². The molecule has 0 spiro atoms. The van der Waals surface area contributed by atoms with Crippen molar-refractivity contribution < 1.29 is 8.42 Å². The first-order valence-corrected chi connectivity index (χ1v) is 7.38. The Morgan fingerprint density at radius 3 is 2.78 bits per heavy atom. The zero-order chi connectivity index (χ0) is 12.8. The van der Waals surface area contributed by atoms with Gasteiger partial charge in [0.25, 0.3) is 10.0 Å². The monoisotopic (exact) mass is 283 g/mol. The van der Waals surface area contributed by atoms with Crippen LogP contribution in [0, 0.1) is 0 Å². The SMILES string of the molecule is O=S(=O)(C1CC1)n1cc(-c2cccc(Cl)c2)nn1. The minimum atomic E-state index is -3.35. The van der Waals surface area contributed by atoms with Crippen molar-refractivity contribution in [2.45, 2.75) is 18.1 Å². The number of hydrogen-bond acceptors (Lipinski definition) is 4. The summed E-state index contributed by atoms with van der Waals surface area (Å²) in [6, 6.07) is 7.06. The third kappa shape index (κ3) is 2.02. The first-order valence-electron chi connectivity index (χ1n) is 5.50. The van der Waals surface area contributed by atoms with Gasteiger partial charge in [0.05, 0.1) is 11.4 Å². The van der Waals surface area contributed by atoms with Crippen LogP contribution in [0.5, 0.6) is 0 Å². The van der Waals surface area contributed by atoms with Crippen LogP contribution in [0.4, 0.5) is 0 Å². The van der Waals surface area contributed by atoms with Crippen LogP contribution >= 0.6 is 11.6 Å². The van der Waals surface area contributed by atoms with Crippen LogP contribution in [0.1, 0.15) is 12.8 Å². The van der Waals surface area contributed by atoms with Crippen molar-refractivity contribution in [2.75, 3.05) is 0 Å². The molecule has 0 radical (unpaired) electrons. The fourth-order valence-electron chi connectivity index (χ4n) is 1.67. The molecule has 7 heteroatoms. The van der Waals surface area contributed by atoms with E-state index in [4.69, 9.17) is 11.6 Å². The number of benzene rings is 1. The van der Waals surface area contributed by atoms with Crippen molar-refractivity contribution >= 4 is 21.6 Å². The van der Waals surface area contributed by atoms with Crippen molar-refractivity contribution in [2.24, 2.45) is 0 Å². The molecule has 0 bridgehead atoms. The normalized spacial score (nSPS) is 15.8. The van der Waals surface area contributed by atoms with Crippen molar-refractivity contribution in [1.29, 1.82) is 0 Å². The highest BCUT2D eigenvalue weighted by Crippen LogP contribution is 2.30. The topological polar surface area (TPSA) is 64.8 Å². The summed E-state index contributed by atoms with van der Waals surface area (Å²) in [5.41, 5.74) is 1.25. The lowest BCUT2D eigenvalue weighted by Crippen LogP contribution is -2.17. The van der Waals surface area contributed by atoms with Gasteiger partial charge < -0.3 is 0 Å². The van der Waals surface area contributed by atoms with Crippen molar-refractivity contribution in [3.05, 3.63) is 35.5 Å². The second-order valence-corrected chi connectivity index (χ2v) is 6.74. The summed E-state index contributed by atoms with van der Waals surface area (Å²) < 4.78 is 24.8. The van der Waals surface area contributed by atoms with E-state index in [9.17, 15) is 8.42 Å². The van der Waals surface area contributed by atoms with Gasteiger partial charge in [0.1, 0.15) is 5.69 Å². The molecule has 0 aliphatic heterocycles. The summed E-state index contributed by atoms with van der Waals surface area (Å²) in [6.07, 6.45) is 2.84. The lowest BCUT2D eigenvalue weighted by atomic mass is 10.2. The molecule has 0 saturated heterocycles.